The van der Waals surface area contributed by atoms with Gasteiger partial charge in [0.05, 0.1) is 0 Å². The van der Waals surface area contributed by atoms with E-state index in [0.717, 1.165) is 19.5 Å². The summed E-state index contributed by atoms with van der Waals surface area (Å²) >= 11 is 0. The molecular formula is C18H25FN2O. The van der Waals surface area contributed by atoms with E-state index in [2.05, 4.69) is 10.2 Å². The largest absolute Gasteiger partial charge is 0.348 e. The molecule has 0 spiro atoms. The predicted molar refractivity (Wildman–Crippen MR) is 85.6 cm³/mol. The second-order valence-electron chi connectivity index (χ2n) is 6.74. The van der Waals surface area contributed by atoms with Gasteiger partial charge in [-0.3, -0.25) is 9.69 Å². The maximum Gasteiger partial charge on any atom is 0.252 e. The van der Waals surface area contributed by atoms with E-state index < -0.39 is 0 Å². The van der Waals surface area contributed by atoms with Crippen molar-refractivity contribution in [1.82, 2.24) is 10.2 Å². The Balaban J connectivity index is 1.73. The van der Waals surface area contributed by atoms with Gasteiger partial charge in [-0.05, 0) is 82.3 Å². The zero-order chi connectivity index (χ0) is 15.7. The van der Waals surface area contributed by atoms with Crippen LogP contribution in [-0.2, 0) is 0 Å². The first-order valence-electron chi connectivity index (χ1n) is 8.38. The second-order valence-corrected chi connectivity index (χ2v) is 6.74. The molecule has 0 unspecified atom stereocenters. The number of carbonyl (C=O) groups excluding carboxylic acids is 1. The van der Waals surface area contributed by atoms with Crippen molar-refractivity contribution in [2.75, 3.05) is 13.1 Å². The first-order chi connectivity index (χ1) is 10.6. The maximum atomic E-state index is 13.4. The molecule has 2 aliphatic rings. The second kappa shape index (κ2) is 6.37. The quantitative estimate of drug-likeness (QED) is 0.930. The van der Waals surface area contributed by atoms with Crippen LogP contribution in [0.2, 0.25) is 0 Å². The van der Waals surface area contributed by atoms with Gasteiger partial charge in [-0.2, -0.15) is 0 Å². The third-order valence-corrected chi connectivity index (χ3v) is 5.13. The van der Waals surface area contributed by atoms with Gasteiger partial charge in [0.15, 0.2) is 0 Å². The van der Waals surface area contributed by atoms with Crippen LogP contribution in [0.15, 0.2) is 12.1 Å². The number of halogens is 1. The molecule has 3 rings (SSSR count). The molecule has 1 amide bonds. The van der Waals surface area contributed by atoms with E-state index in [1.807, 2.05) is 0 Å². The topological polar surface area (TPSA) is 32.3 Å². The number of aryl methyl sites for hydroxylation is 2. The average Bonchev–Trinajstić information content (AvgIpc) is 3.07. The highest BCUT2D eigenvalue weighted by Crippen LogP contribution is 2.28. The fourth-order valence-corrected chi connectivity index (χ4v) is 4.13. The SMILES string of the molecule is Cc1cc(F)cc(C)c1C(=O)N[C@H]1CCC[C@H]1N1CCCC1. The molecule has 22 heavy (non-hydrogen) atoms. The molecule has 1 saturated carbocycles. The minimum Gasteiger partial charge on any atom is -0.348 e. The number of rotatable bonds is 3. The van der Waals surface area contributed by atoms with Gasteiger partial charge < -0.3 is 5.32 Å². The lowest BCUT2D eigenvalue weighted by molar-refractivity contribution is 0.0911. The Bertz CT molecular complexity index is 543. The van der Waals surface area contributed by atoms with Crippen LogP contribution in [-0.4, -0.2) is 36.0 Å². The minimum absolute atomic E-state index is 0.0499. The van der Waals surface area contributed by atoms with Gasteiger partial charge in [0.2, 0.25) is 0 Å². The number of likely N-dealkylation sites (tertiary alicyclic amines) is 1. The number of amides is 1. The molecule has 2 atom stereocenters. The van der Waals surface area contributed by atoms with Crippen LogP contribution < -0.4 is 5.32 Å². The fourth-order valence-electron chi connectivity index (χ4n) is 4.13. The third-order valence-electron chi connectivity index (χ3n) is 5.13. The zero-order valence-electron chi connectivity index (χ0n) is 13.5. The zero-order valence-corrected chi connectivity index (χ0v) is 13.5. The summed E-state index contributed by atoms with van der Waals surface area (Å²) in [4.78, 5) is 15.2. The first kappa shape index (κ1) is 15.5. The van der Waals surface area contributed by atoms with Crippen molar-refractivity contribution in [1.29, 1.82) is 0 Å². The average molecular weight is 304 g/mol. The van der Waals surface area contributed by atoms with E-state index in [1.54, 1.807) is 13.8 Å². The van der Waals surface area contributed by atoms with Crippen LogP contribution in [0.25, 0.3) is 0 Å². The Kier molecular flexibility index (Phi) is 4.48. The Morgan fingerprint density at radius 2 is 1.77 bits per heavy atom. The summed E-state index contributed by atoms with van der Waals surface area (Å²) in [6.45, 7) is 5.92. The summed E-state index contributed by atoms with van der Waals surface area (Å²) in [6, 6.07) is 3.59. The summed E-state index contributed by atoms with van der Waals surface area (Å²) in [7, 11) is 0. The number of nitrogens with one attached hydrogen (secondary N) is 1. The van der Waals surface area contributed by atoms with E-state index in [-0.39, 0.29) is 17.8 Å². The predicted octanol–water partition coefficient (Wildman–Crippen LogP) is 3.19. The smallest absolute Gasteiger partial charge is 0.252 e. The van der Waals surface area contributed by atoms with Crippen LogP contribution in [0.5, 0.6) is 0 Å². The highest BCUT2D eigenvalue weighted by Gasteiger charge is 2.34. The van der Waals surface area contributed by atoms with E-state index in [0.29, 0.717) is 22.7 Å². The van der Waals surface area contributed by atoms with Crippen LogP contribution in [0.1, 0.15) is 53.6 Å². The van der Waals surface area contributed by atoms with E-state index in [4.69, 9.17) is 0 Å². The summed E-state index contributed by atoms with van der Waals surface area (Å²) < 4.78 is 13.4. The van der Waals surface area contributed by atoms with Gasteiger partial charge in [-0.1, -0.05) is 0 Å². The van der Waals surface area contributed by atoms with Crippen molar-refractivity contribution in [2.45, 2.75) is 58.0 Å². The summed E-state index contributed by atoms with van der Waals surface area (Å²) in [5, 5.41) is 3.22. The van der Waals surface area contributed by atoms with Crippen molar-refractivity contribution in [3.63, 3.8) is 0 Å². The maximum absolute atomic E-state index is 13.4. The molecule has 1 aliphatic heterocycles. The monoisotopic (exact) mass is 304 g/mol. The Morgan fingerprint density at radius 3 is 2.41 bits per heavy atom. The summed E-state index contributed by atoms with van der Waals surface area (Å²) in [5.74, 6) is -0.326. The number of carbonyl (C=O) groups is 1. The lowest BCUT2D eigenvalue weighted by Gasteiger charge is -2.30. The first-order valence-corrected chi connectivity index (χ1v) is 8.38. The lowest BCUT2D eigenvalue weighted by Crippen LogP contribution is -2.48. The molecule has 0 aromatic heterocycles. The molecule has 1 N–H and O–H groups in total. The summed E-state index contributed by atoms with van der Waals surface area (Å²) in [6.07, 6.45) is 5.94. The fraction of sp³-hybridized carbons (Fsp3) is 0.611. The molecule has 4 heteroatoms. The lowest BCUT2D eigenvalue weighted by atomic mass is 10.0. The molecule has 1 aliphatic carbocycles. The highest BCUT2D eigenvalue weighted by atomic mass is 19.1. The molecule has 1 saturated heterocycles. The number of nitrogens with zero attached hydrogens (tertiary/aromatic N) is 1. The van der Waals surface area contributed by atoms with E-state index in [1.165, 1.54) is 37.8 Å². The molecule has 0 bridgehead atoms. The van der Waals surface area contributed by atoms with Crippen molar-refractivity contribution >= 4 is 5.91 Å². The van der Waals surface area contributed by atoms with Crippen molar-refractivity contribution < 1.29 is 9.18 Å². The highest BCUT2D eigenvalue weighted by molar-refractivity contribution is 5.97. The van der Waals surface area contributed by atoms with Crippen molar-refractivity contribution in [3.05, 3.63) is 34.6 Å². The molecule has 0 radical (unpaired) electrons. The van der Waals surface area contributed by atoms with Crippen molar-refractivity contribution in [2.24, 2.45) is 0 Å². The Labute approximate surface area is 131 Å². The van der Waals surface area contributed by atoms with Gasteiger partial charge in [0.25, 0.3) is 5.91 Å². The normalized spacial score (nSPS) is 25.6. The molecule has 1 aromatic carbocycles. The third kappa shape index (κ3) is 3.02. The van der Waals surface area contributed by atoms with Gasteiger partial charge in [0.1, 0.15) is 5.82 Å². The molecule has 3 nitrogen and oxygen atoms in total. The molecular weight excluding hydrogens is 279 g/mol. The molecule has 120 valence electrons. The van der Waals surface area contributed by atoms with E-state index >= 15 is 0 Å². The van der Waals surface area contributed by atoms with Gasteiger partial charge in [0, 0.05) is 17.6 Å². The molecule has 1 aromatic rings. The molecule has 1 heterocycles. The van der Waals surface area contributed by atoms with Gasteiger partial charge >= 0.3 is 0 Å². The summed E-state index contributed by atoms with van der Waals surface area (Å²) in [5.41, 5.74) is 2.06. The standard InChI is InChI=1S/C18H25FN2O/c1-12-10-14(19)11-13(2)17(12)18(22)20-15-6-5-7-16(15)21-8-3-4-9-21/h10-11,15-16H,3-9H2,1-2H3,(H,20,22)/t15-,16+/m0/s1. The number of benzene rings is 1. The van der Waals surface area contributed by atoms with Crippen molar-refractivity contribution in [3.8, 4) is 0 Å². The van der Waals surface area contributed by atoms with Crippen LogP contribution >= 0.6 is 0 Å². The van der Waals surface area contributed by atoms with Gasteiger partial charge in [-0.25, -0.2) is 4.39 Å². The Hall–Kier alpha value is -1.42. The van der Waals surface area contributed by atoms with Crippen LogP contribution in [0.3, 0.4) is 0 Å². The van der Waals surface area contributed by atoms with Crippen LogP contribution in [0.4, 0.5) is 4.39 Å². The van der Waals surface area contributed by atoms with E-state index in [9.17, 15) is 9.18 Å². The molecule has 2 fully saturated rings. The number of hydrogen-bond acceptors (Lipinski definition) is 2. The Morgan fingerprint density at radius 1 is 1.14 bits per heavy atom. The minimum atomic E-state index is -0.276. The van der Waals surface area contributed by atoms with Crippen LogP contribution in [0, 0.1) is 19.7 Å². The van der Waals surface area contributed by atoms with Gasteiger partial charge in [-0.15, -0.1) is 0 Å². The number of hydrogen-bond donors (Lipinski definition) is 1.